The molecule has 1 fully saturated rings. The van der Waals surface area contributed by atoms with Gasteiger partial charge in [-0.05, 0) is 19.3 Å². The van der Waals surface area contributed by atoms with Crippen LogP contribution in [0.2, 0.25) is 0 Å². The van der Waals surface area contributed by atoms with Crippen LogP contribution in [0.5, 0.6) is 0 Å². The van der Waals surface area contributed by atoms with Gasteiger partial charge in [0, 0.05) is 32.8 Å². The first-order valence-electron chi connectivity index (χ1n) is 5.52. The van der Waals surface area contributed by atoms with Gasteiger partial charge in [-0.3, -0.25) is 4.90 Å². The van der Waals surface area contributed by atoms with Crippen LogP contribution < -0.4 is 5.32 Å². The molecule has 84 valence electrons. The van der Waals surface area contributed by atoms with E-state index in [1.165, 1.54) is 0 Å². The summed E-state index contributed by atoms with van der Waals surface area (Å²) < 4.78 is 0. The maximum atomic E-state index is 10.4. The summed E-state index contributed by atoms with van der Waals surface area (Å²) in [6, 6.07) is 0. The molecule has 0 aromatic carbocycles. The average molecular weight is 202 g/mol. The molecule has 14 heavy (non-hydrogen) atoms. The molecule has 0 spiro atoms. The minimum absolute atomic E-state index is 0.161. The van der Waals surface area contributed by atoms with Gasteiger partial charge in [0.15, 0.2) is 0 Å². The second-order valence-electron chi connectivity index (χ2n) is 3.90. The minimum atomic E-state index is -0.704. The van der Waals surface area contributed by atoms with Gasteiger partial charge in [0.25, 0.3) is 0 Å². The monoisotopic (exact) mass is 202 g/mol. The molecule has 0 bridgehead atoms. The van der Waals surface area contributed by atoms with Crippen LogP contribution in [-0.4, -0.2) is 53.6 Å². The van der Waals surface area contributed by atoms with E-state index in [1.807, 2.05) is 6.92 Å². The molecule has 0 aromatic heterocycles. The third-order valence-electron chi connectivity index (χ3n) is 3.01. The Morgan fingerprint density at radius 1 is 1.36 bits per heavy atom. The summed E-state index contributed by atoms with van der Waals surface area (Å²) in [5.74, 6) is 0. The summed E-state index contributed by atoms with van der Waals surface area (Å²) in [5.41, 5.74) is -0.704. The summed E-state index contributed by atoms with van der Waals surface area (Å²) in [4.78, 5) is 2.12. The first kappa shape index (κ1) is 11.9. The Labute approximate surface area is 85.9 Å². The van der Waals surface area contributed by atoms with Gasteiger partial charge in [-0.2, -0.15) is 0 Å². The Kier molecular flexibility index (Phi) is 4.81. The van der Waals surface area contributed by atoms with E-state index in [9.17, 15) is 5.11 Å². The van der Waals surface area contributed by atoms with Crippen LogP contribution in [0.4, 0.5) is 0 Å². The van der Waals surface area contributed by atoms with E-state index < -0.39 is 5.72 Å². The molecular weight excluding hydrogens is 180 g/mol. The first-order chi connectivity index (χ1) is 6.73. The van der Waals surface area contributed by atoms with E-state index in [-0.39, 0.29) is 6.61 Å². The largest absolute Gasteiger partial charge is 0.396 e. The predicted molar refractivity (Wildman–Crippen MR) is 56.0 cm³/mol. The Morgan fingerprint density at radius 2 is 2.00 bits per heavy atom. The standard InChI is InChI=1S/C10H22N2O2/c1-2-10(14,4-3-9-13)12-7-5-11-6-8-12/h11,13-14H,2-9H2,1H3. The van der Waals surface area contributed by atoms with Gasteiger partial charge in [-0.25, -0.2) is 0 Å². The van der Waals surface area contributed by atoms with Gasteiger partial charge in [0.2, 0.25) is 0 Å². The zero-order valence-electron chi connectivity index (χ0n) is 9.00. The molecule has 0 saturated carbocycles. The van der Waals surface area contributed by atoms with E-state index in [2.05, 4.69) is 10.2 Å². The third kappa shape index (κ3) is 2.92. The van der Waals surface area contributed by atoms with Gasteiger partial charge < -0.3 is 15.5 Å². The van der Waals surface area contributed by atoms with E-state index in [0.717, 1.165) is 32.6 Å². The summed E-state index contributed by atoms with van der Waals surface area (Å²) in [6.45, 7) is 5.85. The molecule has 1 atom stereocenters. The van der Waals surface area contributed by atoms with E-state index in [0.29, 0.717) is 12.8 Å². The fourth-order valence-corrected chi connectivity index (χ4v) is 2.00. The van der Waals surface area contributed by atoms with Gasteiger partial charge >= 0.3 is 0 Å². The van der Waals surface area contributed by atoms with E-state index in [4.69, 9.17) is 5.11 Å². The van der Waals surface area contributed by atoms with Crippen LogP contribution in [0.1, 0.15) is 26.2 Å². The van der Waals surface area contributed by atoms with Crippen molar-refractivity contribution in [3.05, 3.63) is 0 Å². The van der Waals surface area contributed by atoms with Crippen molar-refractivity contribution in [3.8, 4) is 0 Å². The fourth-order valence-electron chi connectivity index (χ4n) is 2.00. The highest BCUT2D eigenvalue weighted by atomic mass is 16.3. The SMILES string of the molecule is CCC(O)(CCCO)N1CCNCC1. The smallest absolute Gasteiger partial charge is 0.118 e. The molecule has 4 heteroatoms. The number of nitrogens with one attached hydrogen (secondary N) is 1. The van der Waals surface area contributed by atoms with Crippen molar-refractivity contribution >= 4 is 0 Å². The topological polar surface area (TPSA) is 55.7 Å². The Balaban J connectivity index is 2.47. The lowest BCUT2D eigenvalue weighted by molar-refractivity contribution is -0.123. The van der Waals surface area contributed by atoms with Gasteiger partial charge in [0.05, 0.1) is 0 Å². The van der Waals surface area contributed by atoms with Crippen LogP contribution in [0.15, 0.2) is 0 Å². The summed E-state index contributed by atoms with van der Waals surface area (Å²) >= 11 is 0. The summed E-state index contributed by atoms with van der Waals surface area (Å²) in [7, 11) is 0. The molecule has 1 aliphatic rings. The highest BCUT2D eigenvalue weighted by Crippen LogP contribution is 2.22. The highest BCUT2D eigenvalue weighted by molar-refractivity contribution is 4.81. The maximum Gasteiger partial charge on any atom is 0.118 e. The number of hydrogen-bond donors (Lipinski definition) is 3. The zero-order chi connectivity index (χ0) is 10.4. The van der Waals surface area contributed by atoms with Gasteiger partial charge in [-0.15, -0.1) is 0 Å². The van der Waals surface area contributed by atoms with Crippen molar-refractivity contribution < 1.29 is 10.2 Å². The average Bonchev–Trinajstić information content (AvgIpc) is 2.27. The first-order valence-corrected chi connectivity index (χ1v) is 5.52. The Bertz CT molecular complexity index is 160. The van der Waals surface area contributed by atoms with E-state index in [1.54, 1.807) is 0 Å². The molecule has 0 amide bonds. The van der Waals surface area contributed by atoms with Crippen LogP contribution in [0.3, 0.4) is 0 Å². The Morgan fingerprint density at radius 3 is 2.50 bits per heavy atom. The molecule has 0 radical (unpaired) electrons. The van der Waals surface area contributed by atoms with Crippen LogP contribution >= 0.6 is 0 Å². The van der Waals surface area contributed by atoms with E-state index >= 15 is 0 Å². The van der Waals surface area contributed by atoms with Crippen molar-refractivity contribution in [2.45, 2.75) is 31.9 Å². The molecule has 1 aliphatic heterocycles. The minimum Gasteiger partial charge on any atom is -0.396 e. The molecule has 4 nitrogen and oxygen atoms in total. The van der Waals surface area contributed by atoms with Crippen molar-refractivity contribution in [2.75, 3.05) is 32.8 Å². The number of aliphatic hydroxyl groups is 2. The molecule has 1 heterocycles. The van der Waals surface area contributed by atoms with Crippen molar-refractivity contribution in [1.82, 2.24) is 10.2 Å². The number of piperazine rings is 1. The summed E-state index contributed by atoms with van der Waals surface area (Å²) in [6.07, 6.45) is 2.07. The van der Waals surface area contributed by atoms with Crippen LogP contribution in [-0.2, 0) is 0 Å². The third-order valence-corrected chi connectivity index (χ3v) is 3.01. The second kappa shape index (κ2) is 5.66. The number of hydrogen-bond acceptors (Lipinski definition) is 4. The zero-order valence-corrected chi connectivity index (χ0v) is 9.00. The fraction of sp³-hybridized carbons (Fsp3) is 1.00. The number of nitrogens with zero attached hydrogens (tertiary/aromatic N) is 1. The quantitative estimate of drug-likeness (QED) is 0.576. The highest BCUT2D eigenvalue weighted by Gasteiger charge is 2.32. The van der Waals surface area contributed by atoms with Crippen molar-refractivity contribution in [2.24, 2.45) is 0 Å². The molecule has 0 aliphatic carbocycles. The number of aliphatic hydroxyl groups excluding tert-OH is 1. The van der Waals surface area contributed by atoms with Crippen LogP contribution in [0, 0.1) is 0 Å². The van der Waals surface area contributed by atoms with Gasteiger partial charge in [-0.1, -0.05) is 6.92 Å². The molecule has 0 aromatic rings. The molecular formula is C10H22N2O2. The van der Waals surface area contributed by atoms with Crippen molar-refractivity contribution in [3.63, 3.8) is 0 Å². The second-order valence-corrected chi connectivity index (χ2v) is 3.90. The maximum absolute atomic E-state index is 10.4. The molecule has 3 N–H and O–H groups in total. The molecule has 1 unspecified atom stereocenters. The number of rotatable bonds is 5. The molecule has 1 saturated heterocycles. The van der Waals surface area contributed by atoms with Crippen LogP contribution in [0.25, 0.3) is 0 Å². The van der Waals surface area contributed by atoms with Crippen molar-refractivity contribution in [1.29, 1.82) is 0 Å². The normalized spacial score (nSPS) is 23.4. The predicted octanol–water partition coefficient (Wildman–Crippen LogP) is -0.237. The summed E-state index contributed by atoms with van der Waals surface area (Å²) in [5, 5.41) is 22.4. The van der Waals surface area contributed by atoms with Gasteiger partial charge in [0.1, 0.15) is 5.72 Å². The Hall–Kier alpha value is -0.160. The molecule has 1 rings (SSSR count). The lowest BCUT2D eigenvalue weighted by Crippen LogP contribution is -2.56. The lowest BCUT2D eigenvalue weighted by Gasteiger charge is -2.41. The lowest BCUT2D eigenvalue weighted by atomic mass is 10.0.